The lowest BCUT2D eigenvalue weighted by Crippen LogP contribution is -2.34. The van der Waals surface area contributed by atoms with Crippen molar-refractivity contribution in [3.8, 4) is 5.75 Å². The Morgan fingerprint density at radius 2 is 2.17 bits per heavy atom. The van der Waals surface area contributed by atoms with Gasteiger partial charge in [-0.15, -0.1) is 0 Å². The number of hydrogen-bond donors (Lipinski definition) is 2. The molecule has 1 aromatic heterocycles. The fourth-order valence-corrected chi connectivity index (χ4v) is 3.03. The van der Waals surface area contributed by atoms with Gasteiger partial charge in [0, 0.05) is 13.2 Å². The third-order valence-electron chi connectivity index (χ3n) is 2.99. The van der Waals surface area contributed by atoms with Crippen molar-refractivity contribution in [1.82, 2.24) is 14.3 Å². The monoisotopic (exact) mass is 343 g/mol. The van der Waals surface area contributed by atoms with Crippen LogP contribution in [-0.4, -0.2) is 36.2 Å². The minimum absolute atomic E-state index is 0.0738. The zero-order valence-corrected chi connectivity index (χ0v) is 13.0. The molecule has 1 aromatic carbocycles. The second-order valence-electron chi connectivity index (χ2n) is 4.66. The number of aliphatic carboxylic acids is 1. The second kappa shape index (κ2) is 6.34. The summed E-state index contributed by atoms with van der Waals surface area (Å²) in [6, 6.07) is 1.72. The number of benzene rings is 1. The first kappa shape index (κ1) is 16.9. The number of hydrogen-bond acceptors (Lipinski definition) is 5. The lowest BCUT2D eigenvalue weighted by Gasteiger charge is -2.15. The summed E-state index contributed by atoms with van der Waals surface area (Å²) in [5, 5.41) is 8.92. The highest BCUT2D eigenvalue weighted by Gasteiger charge is 2.29. The maximum Gasteiger partial charge on any atom is 0.326 e. The van der Waals surface area contributed by atoms with E-state index in [0.717, 1.165) is 6.07 Å². The standard InChI is InChI=1S/C13H14FN3O5S/c1-17-6-11(15-7-17)23(20,21)16-12(13(18)19)8-3-4-10(22-2)9(14)5-8/h3-7,12,16H,1-2H3,(H,18,19). The number of sulfonamides is 1. The maximum atomic E-state index is 13.7. The molecule has 0 aliphatic heterocycles. The number of nitrogens with zero attached hydrogens (tertiary/aromatic N) is 2. The second-order valence-corrected chi connectivity index (χ2v) is 6.32. The first-order valence-corrected chi connectivity index (χ1v) is 7.79. The van der Waals surface area contributed by atoms with Crippen LogP contribution < -0.4 is 9.46 Å². The molecule has 0 spiro atoms. The van der Waals surface area contributed by atoms with Crippen molar-refractivity contribution in [3.05, 3.63) is 42.1 Å². The van der Waals surface area contributed by atoms with Crippen LogP contribution in [0.2, 0.25) is 0 Å². The fraction of sp³-hybridized carbons (Fsp3) is 0.231. The molecule has 0 aliphatic carbocycles. The first-order chi connectivity index (χ1) is 10.7. The number of aryl methyl sites for hydroxylation is 1. The van der Waals surface area contributed by atoms with Gasteiger partial charge in [0.05, 0.1) is 13.4 Å². The molecule has 1 heterocycles. The van der Waals surface area contributed by atoms with Crippen molar-refractivity contribution in [1.29, 1.82) is 0 Å². The van der Waals surface area contributed by atoms with E-state index < -0.39 is 27.9 Å². The van der Waals surface area contributed by atoms with Crippen molar-refractivity contribution in [2.75, 3.05) is 7.11 Å². The van der Waals surface area contributed by atoms with Crippen LogP contribution in [0.25, 0.3) is 0 Å². The van der Waals surface area contributed by atoms with Gasteiger partial charge in [-0.2, -0.15) is 4.72 Å². The molecule has 0 saturated carbocycles. The summed E-state index contributed by atoms with van der Waals surface area (Å²) in [5.41, 5.74) is -0.0738. The summed E-state index contributed by atoms with van der Waals surface area (Å²) in [7, 11) is -1.35. The lowest BCUT2D eigenvalue weighted by atomic mass is 10.1. The summed E-state index contributed by atoms with van der Waals surface area (Å²) in [4.78, 5) is 15.0. The van der Waals surface area contributed by atoms with Crippen LogP contribution in [0.1, 0.15) is 11.6 Å². The maximum absolute atomic E-state index is 13.7. The number of carboxylic acid groups (broad SMARTS) is 1. The molecule has 1 unspecified atom stereocenters. The summed E-state index contributed by atoms with van der Waals surface area (Å²) in [6.45, 7) is 0. The van der Waals surface area contributed by atoms with Crippen LogP contribution in [0.3, 0.4) is 0 Å². The molecular weight excluding hydrogens is 329 g/mol. The number of imidazole rings is 1. The van der Waals surface area contributed by atoms with Gasteiger partial charge in [0.1, 0.15) is 6.04 Å². The van der Waals surface area contributed by atoms with Crippen LogP contribution >= 0.6 is 0 Å². The van der Waals surface area contributed by atoms with Gasteiger partial charge in [-0.25, -0.2) is 17.8 Å². The topological polar surface area (TPSA) is 111 Å². The molecule has 0 fully saturated rings. The first-order valence-electron chi connectivity index (χ1n) is 6.31. The van der Waals surface area contributed by atoms with Crippen molar-refractivity contribution < 1.29 is 27.4 Å². The average molecular weight is 343 g/mol. The van der Waals surface area contributed by atoms with Gasteiger partial charge in [0.25, 0.3) is 10.0 Å². The van der Waals surface area contributed by atoms with E-state index in [1.807, 2.05) is 4.72 Å². The molecule has 0 bridgehead atoms. The third kappa shape index (κ3) is 3.66. The molecule has 2 rings (SSSR count). The average Bonchev–Trinajstić information content (AvgIpc) is 2.92. The summed E-state index contributed by atoms with van der Waals surface area (Å²) in [6.07, 6.45) is 2.48. The molecule has 0 radical (unpaired) electrons. The summed E-state index contributed by atoms with van der Waals surface area (Å²) in [5.74, 6) is -2.35. The Hall–Kier alpha value is -2.46. The Labute approximate surface area is 131 Å². The molecule has 8 nitrogen and oxygen atoms in total. The van der Waals surface area contributed by atoms with E-state index in [4.69, 9.17) is 4.74 Å². The molecule has 2 N–H and O–H groups in total. The number of carbonyl (C=O) groups is 1. The Bertz CT molecular complexity index is 834. The molecule has 0 saturated heterocycles. The number of halogens is 1. The van der Waals surface area contributed by atoms with Gasteiger partial charge in [-0.3, -0.25) is 4.79 Å². The number of aromatic nitrogens is 2. The molecular formula is C13H14FN3O5S. The van der Waals surface area contributed by atoms with Crippen molar-refractivity contribution in [3.63, 3.8) is 0 Å². The molecule has 23 heavy (non-hydrogen) atoms. The van der Waals surface area contributed by atoms with Crippen LogP contribution in [0, 0.1) is 5.82 Å². The van der Waals surface area contributed by atoms with E-state index in [0.29, 0.717) is 0 Å². The SMILES string of the molecule is COc1ccc(C(NS(=O)(=O)c2cn(C)cn2)C(=O)O)cc1F. The van der Waals surface area contributed by atoms with Crippen LogP contribution in [0.15, 0.2) is 35.7 Å². The molecule has 0 amide bonds. The normalized spacial score (nSPS) is 12.8. The minimum atomic E-state index is -4.18. The van der Waals surface area contributed by atoms with E-state index in [1.54, 1.807) is 7.05 Å². The van der Waals surface area contributed by atoms with E-state index in [9.17, 15) is 22.7 Å². The van der Waals surface area contributed by atoms with Gasteiger partial charge < -0.3 is 14.4 Å². The number of ether oxygens (including phenoxy) is 1. The van der Waals surface area contributed by atoms with Gasteiger partial charge in [-0.1, -0.05) is 6.07 Å². The molecule has 10 heteroatoms. The highest BCUT2D eigenvalue weighted by atomic mass is 32.2. The Morgan fingerprint density at radius 1 is 1.48 bits per heavy atom. The van der Waals surface area contributed by atoms with Crippen molar-refractivity contribution in [2.45, 2.75) is 11.1 Å². The highest BCUT2D eigenvalue weighted by molar-refractivity contribution is 7.89. The molecule has 2 aromatic rings. The predicted octanol–water partition coefficient (Wildman–Crippen LogP) is 0.672. The van der Waals surface area contributed by atoms with Crippen LogP contribution in [0.4, 0.5) is 4.39 Å². The van der Waals surface area contributed by atoms with Crippen molar-refractivity contribution in [2.24, 2.45) is 7.05 Å². The third-order valence-corrected chi connectivity index (χ3v) is 4.29. The van der Waals surface area contributed by atoms with Crippen LogP contribution in [-0.2, 0) is 21.9 Å². The number of carboxylic acids is 1. The van der Waals surface area contributed by atoms with Gasteiger partial charge >= 0.3 is 5.97 Å². The number of nitrogens with one attached hydrogen (secondary N) is 1. The zero-order chi connectivity index (χ0) is 17.2. The van der Waals surface area contributed by atoms with Gasteiger partial charge in [-0.05, 0) is 17.7 Å². The van der Waals surface area contributed by atoms with E-state index in [2.05, 4.69) is 4.98 Å². The lowest BCUT2D eigenvalue weighted by molar-refractivity contribution is -0.139. The Balaban J connectivity index is 2.36. The molecule has 0 aliphatic rings. The molecule has 124 valence electrons. The quantitative estimate of drug-likeness (QED) is 0.798. The Morgan fingerprint density at radius 3 is 2.65 bits per heavy atom. The largest absolute Gasteiger partial charge is 0.494 e. The highest BCUT2D eigenvalue weighted by Crippen LogP contribution is 2.23. The smallest absolute Gasteiger partial charge is 0.326 e. The molecule has 1 atom stereocenters. The van der Waals surface area contributed by atoms with E-state index in [1.165, 1.54) is 36.3 Å². The minimum Gasteiger partial charge on any atom is -0.494 e. The number of methoxy groups -OCH3 is 1. The van der Waals surface area contributed by atoms with E-state index >= 15 is 0 Å². The number of rotatable bonds is 6. The summed E-state index contributed by atoms with van der Waals surface area (Å²) < 4.78 is 46.2. The predicted molar refractivity (Wildman–Crippen MR) is 76.9 cm³/mol. The van der Waals surface area contributed by atoms with Gasteiger partial charge in [0.15, 0.2) is 16.6 Å². The van der Waals surface area contributed by atoms with Crippen molar-refractivity contribution >= 4 is 16.0 Å². The Kier molecular flexibility index (Phi) is 4.66. The zero-order valence-electron chi connectivity index (χ0n) is 12.2. The fourth-order valence-electron chi connectivity index (χ4n) is 1.87. The van der Waals surface area contributed by atoms with Crippen LogP contribution in [0.5, 0.6) is 5.75 Å². The van der Waals surface area contributed by atoms with E-state index in [-0.39, 0.29) is 16.3 Å². The summed E-state index contributed by atoms with van der Waals surface area (Å²) >= 11 is 0. The van der Waals surface area contributed by atoms with Gasteiger partial charge in [0.2, 0.25) is 0 Å².